The highest BCUT2D eigenvalue weighted by atomic mass is 32.2. The van der Waals surface area contributed by atoms with Crippen LogP contribution < -0.4 is 15.4 Å². The van der Waals surface area contributed by atoms with Crippen LogP contribution in [-0.2, 0) is 14.8 Å². The predicted octanol–water partition coefficient (Wildman–Crippen LogP) is 4.43. The van der Waals surface area contributed by atoms with Gasteiger partial charge in [-0.15, -0.1) is 0 Å². The molecule has 0 atom stereocenters. The molecule has 1 saturated heterocycles. The van der Waals surface area contributed by atoms with Gasteiger partial charge in [0.15, 0.2) is 0 Å². The molecule has 1 aliphatic rings. The molecule has 3 aromatic carbocycles. The second-order valence-corrected chi connectivity index (χ2v) is 10.1. The summed E-state index contributed by atoms with van der Waals surface area (Å²) in [5.41, 5.74) is 2.50. The lowest BCUT2D eigenvalue weighted by Gasteiger charge is -2.16. The Morgan fingerprint density at radius 1 is 1.00 bits per heavy atom. The van der Waals surface area contributed by atoms with Crippen LogP contribution in [0.25, 0.3) is 21.9 Å². The summed E-state index contributed by atoms with van der Waals surface area (Å²) in [6.07, 6.45) is 1.73. The molecule has 34 heavy (non-hydrogen) atoms. The van der Waals surface area contributed by atoms with Gasteiger partial charge in [-0.3, -0.25) is 4.79 Å². The lowest BCUT2D eigenvalue weighted by Crippen LogP contribution is -2.28. The number of sulfonamides is 1. The number of benzene rings is 3. The molecule has 0 aliphatic carbocycles. The molecule has 176 valence electrons. The van der Waals surface area contributed by atoms with E-state index in [1.807, 2.05) is 36.4 Å². The van der Waals surface area contributed by atoms with Crippen molar-refractivity contribution in [2.45, 2.75) is 17.7 Å². The monoisotopic (exact) mass is 479 g/mol. The Bertz CT molecular complexity index is 1470. The Morgan fingerprint density at radius 3 is 2.59 bits per heavy atom. The summed E-state index contributed by atoms with van der Waals surface area (Å²) in [6.45, 7) is 1.02. The van der Waals surface area contributed by atoms with E-state index in [0.717, 1.165) is 29.2 Å². The van der Waals surface area contributed by atoms with E-state index in [9.17, 15) is 13.2 Å². The van der Waals surface area contributed by atoms with Crippen LogP contribution in [0.2, 0.25) is 0 Å². The first-order chi connectivity index (χ1) is 16.5. The van der Waals surface area contributed by atoms with Crippen LogP contribution >= 0.6 is 0 Å². The summed E-state index contributed by atoms with van der Waals surface area (Å²) in [5, 5.41) is 7.77. The number of ether oxygens (including phenoxy) is 1. The number of para-hydroxylation sites is 1. The molecule has 1 aliphatic heterocycles. The molecule has 0 radical (unpaired) electrons. The topological polar surface area (TPSA) is 101 Å². The standard InChI is InChI=1S/C25H25N3O5S/c1-32-24-14-20-19-9-2-3-10-22(19)33-23(20)15-21(24)26-16-25(29)27-17-7-6-8-18(13-17)34(30,31)28-11-4-5-12-28/h2-3,6-10,13-15,26H,4-5,11-12,16H2,1H3,(H,27,29). The first-order valence-corrected chi connectivity index (χ1v) is 12.5. The summed E-state index contributed by atoms with van der Waals surface area (Å²) in [5.74, 6) is 0.271. The van der Waals surface area contributed by atoms with E-state index in [1.54, 1.807) is 25.3 Å². The molecule has 9 heteroatoms. The molecule has 0 saturated carbocycles. The van der Waals surface area contributed by atoms with Gasteiger partial charge in [-0.05, 0) is 43.2 Å². The number of methoxy groups -OCH3 is 1. The third-order valence-electron chi connectivity index (χ3n) is 5.96. The highest BCUT2D eigenvalue weighted by molar-refractivity contribution is 7.89. The Labute approximate surface area is 197 Å². The van der Waals surface area contributed by atoms with E-state index in [-0.39, 0.29) is 17.3 Å². The fourth-order valence-corrected chi connectivity index (χ4v) is 5.81. The molecule has 1 aromatic heterocycles. The Kier molecular flexibility index (Phi) is 5.89. The first kappa shape index (κ1) is 22.2. The van der Waals surface area contributed by atoms with Crippen molar-refractivity contribution >= 4 is 49.2 Å². The van der Waals surface area contributed by atoms with Gasteiger partial charge in [0, 0.05) is 35.6 Å². The highest BCUT2D eigenvalue weighted by Crippen LogP contribution is 2.36. The lowest BCUT2D eigenvalue weighted by molar-refractivity contribution is -0.114. The molecule has 5 rings (SSSR count). The van der Waals surface area contributed by atoms with Gasteiger partial charge >= 0.3 is 0 Å². The van der Waals surface area contributed by atoms with Gasteiger partial charge in [0.1, 0.15) is 16.9 Å². The summed E-state index contributed by atoms with van der Waals surface area (Å²) >= 11 is 0. The summed E-state index contributed by atoms with van der Waals surface area (Å²) in [7, 11) is -1.98. The maximum absolute atomic E-state index is 12.8. The van der Waals surface area contributed by atoms with Crippen molar-refractivity contribution in [3.05, 3.63) is 60.7 Å². The van der Waals surface area contributed by atoms with Gasteiger partial charge in [-0.1, -0.05) is 24.3 Å². The number of fused-ring (bicyclic) bond motifs is 3. The number of hydrogen-bond donors (Lipinski definition) is 2. The van der Waals surface area contributed by atoms with E-state index in [2.05, 4.69) is 10.6 Å². The quantitative estimate of drug-likeness (QED) is 0.407. The molecule has 0 bridgehead atoms. The van der Waals surface area contributed by atoms with Crippen molar-refractivity contribution in [2.24, 2.45) is 0 Å². The fourth-order valence-electron chi connectivity index (χ4n) is 4.25. The summed E-state index contributed by atoms with van der Waals surface area (Å²) in [6, 6.07) is 17.8. The van der Waals surface area contributed by atoms with Gasteiger partial charge in [0.2, 0.25) is 15.9 Å². The van der Waals surface area contributed by atoms with Crippen LogP contribution in [0, 0.1) is 0 Å². The van der Waals surface area contributed by atoms with E-state index in [4.69, 9.17) is 9.15 Å². The van der Waals surface area contributed by atoms with Crippen LogP contribution in [0.5, 0.6) is 5.75 Å². The zero-order valence-electron chi connectivity index (χ0n) is 18.7. The van der Waals surface area contributed by atoms with E-state index >= 15 is 0 Å². The molecule has 0 unspecified atom stereocenters. The number of anilines is 2. The Hall–Kier alpha value is -3.56. The Morgan fingerprint density at radius 2 is 1.79 bits per heavy atom. The zero-order valence-corrected chi connectivity index (χ0v) is 19.5. The van der Waals surface area contributed by atoms with Crippen molar-refractivity contribution in [3.63, 3.8) is 0 Å². The van der Waals surface area contributed by atoms with Gasteiger partial charge < -0.3 is 19.8 Å². The van der Waals surface area contributed by atoms with Gasteiger partial charge in [-0.2, -0.15) is 4.31 Å². The highest BCUT2D eigenvalue weighted by Gasteiger charge is 2.27. The summed E-state index contributed by atoms with van der Waals surface area (Å²) < 4.78 is 38.5. The second kappa shape index (κ2) is 9.00. The number of amides is 1. The van der Waals surface area contributed by atoms with Crippen LogP contribution in [0.3, 0.4) is 0 Å². The molecule has 4 aromatic rings. The van der Waals surface area contributed by atoms with Gasteiger partial charge in [0.05, 0.1) is 24.2 Å². The molecule has 1 fully saturated rings. The molecule has 2 N–H and O–H groups in total. The van der Waals surface area contributed by atoms with E-state index in [0.29, 0.717) is 35.8 Å². The first-order valence-electron chi connectivity index (χ1n) is 11.1. The fraction of sp³-hybridized carbons (Fsp3) is 0.240. The minimum absolute atomic E-state index is 0.0365. The predicted molar refractivity (Wildman–Crippen MR) is 132 cm³/mol. The molecule has 8 nitrogen and oxygen atoms in total. The third-order valence-corrected chi connectivity index (χ3v) is 7.85. The number of carbonyl (C=O) groups excluding carboxylic acids is 1. The van der Waals surface area contributed by atoms with Crippen LogP contribution in [0.15, 0.2) is 70.0 Å². The van der Waals surface area contributed by atoms with Crippen molar-refractivity contribution < 1.29 is 22.4 Å². The smallest absolute Gasteiger partial charge is 0.243 e. The second-order valence-electron chi connectivity index (χ2n) is 8.19. The average Bonchev–Trinajstić information content (AvgIpc) is 3.51. The van der Waals surface area contributed by atoms with Crippen LogP contribution in [0.4, 0.5) is 11.4 Å². The average molecular weight is 480 g/mol. The summed E-state index contributed by atoms with van der Waals surface area (Å²) in [4.78, 5) is 12.8. The number of furan rings is 1. The zero-order chi connectivity index (χ0) is 23.7. The van der Waals surface area contributed by atoms with Crippen molar-refractivity contribution in [1.82, 2.24) is 4.31 Å². The van der Waals surface area contributed by atoms with Crippen molar-refractivity contribution in [2.75, 3.05) is 37.4 Å². The van der Waals surface area contributed by atoms with Crippen LogP contribution in [0.1, 0.15) is 12.8 Å². The molecule has 0 spiro atoms. The normalized spacial score (nSPS) is 14.5. The maximum Gasteiger partial charge on any atom is 0.243 e. The minimum Gasteiger partial charge on any atom is -0.495 e. The number of nitrogens with zero attached hydrogens (tertiary/aromatic N) is 1. The number of carbonyl (C=O) groups is 1. The SMILES string of the molecule is COc1cc2c(cc1NCC(=O)Nc1cccc(S(=O)(=O)N3CCCC3)c1)oc1ccccc12. The van der Waals surface area contributed by atoms with Gasteiger partial charge in [-0.25, -0.2) is 8.42 Å². The number of hydrogen-bond acceptors (Lipinski definition) is 6. The van der Waals surface area contributed by atoms with E-state index < -0.39 is 10.0 Å². The maximum atomic E-state index is 12.8. The van der Waals surface area contributed by atoms with E-state index in [1.165, 1.54) is 10.4 Å². The Balaban J connectivity index is 1.30. The molecular formula is C25H25N3O5S. The largest absolute Gasteiger partial charge is 0.495 e. The third kappa shape index (κ3) is 4.20. The molecule has 1 amide bonds. The number of nitrogens with one attached hydrogen (secondary N) is 2. The molecule has 2 heterocycles. The van der Waals surface area contributed by atoms with Crippen molar-refractivity contribution in [1.29, 1.82) is 0 Å². The van der Waals surface area contributed by atoms with Gasteiger partial charge in [0.25, 0.3) is 0 Å². The van der Waals surface area contributed by atoms with Crippen molar-refractivity contribution in [3.8, 4) is 5.75 Å². The van der Waals surface area contributed by atoms with Crippen LogP contribution in [-0.4, -0.2) is 45.4 Å². The number of rotatable bonds is 7. The minimum atomic E-state index is -3.55. The lowest BCUT2D eigenvalue weighted by atomic mass is 10.1. The molecular weight excluding hydrogens is 454 g/mol.